The van der Waals surface area contributed by atoms with Gasteiger partial charge in [-0.2, -0.15) is 0 Å². The fourth-order valence-corrected chi connectivity index (χ4v) is 4.54. The highest BCUT2D eigenvalue weighted by atomic mass is 32.1. The van der Waals surface area contributed by atoms with Crippen LogP contribution in [0.1, 0.15) is 51.1 Å². The zero-order valence-electron chi connectivity index (χ0n) is 15.6. The predicted octanol–water partition coefficient (Wildman–Crippen LogP) is 2.03. The van der Waals surface area contributed by atoms with E-state index in [2.05, 4.69) is 16.7 Å². The van der Waals surface area contributed by atoms with Gasteiger partial charge in [-0.3, -0.25) is 10.1 Å². The molecule has 0 aliphatic carbocycles. The molecule has 1 saturated heterocycles. The lowest BCUT2D eigenvalue weighted by Gasteiger charge is -2.30. The largest absolute Gasteiger partial charge is 0.333 e. The van der Waals surface area contributed by atoms with Crippen LogP contribution >= 0.6 is 11.3 Å². The molecule has 0 radical (unpaired) electrons. The van der Waals surface area contributed by atoms with Gasteiger partial charge in [0.05, 0.1) is 16.8 Å². The van der Waals surface area contributed by atoms with Gasteiger partial charge < -0.3 is 10.2 Å². The number of hydrogen-bond acceptors (Lipinski definition) is 4. The number of urea groups is 1. The van der Waals surface area contributed by atoms with Crippen molar-refractivity contribution in [2.75, 3.05) is 13.1 Å². The van der Waals surface area contributed by atoms with E-state index in [0.29, 0.717) is 0 Å². The summed E-state index contributed by atoms with van der Waals surface area (Å²) in [5.74, 6) is -0.241. The average Bonchev–Trinajstić information content (AvgIpc) is 2.97. The maximum atomic E-state index is 12.3. The molecule has 1 aromatic heterocycles. The number of piperidine rings is 1. The van der Waals surface area contributed by atoms with Crippen molar-refractivity contribution in [2.24, 2.45) is 0 Å². The Kier molecular flexibility index (Phi) is 5.58. The third kappa shape index (κ3) is 4.80. The van der Waals surface area contributed by atoms with Gasteiger partial charge in [-0.05, 0) is 45.7 Å². The van der Waals surface area contributed by atoms with Gasteiger partial charge >= 0.3 is 6.03 Å². The number of amides is 3. The van der Waals surface area contributed by atoms with E-state index < -0.39 is 6.03 Å². The van der Waals surface area contributed by atoms with Gasteiger partial charge in [0.2, 0.25) is 0 Å². The number of likely N-dealkylation sites (tertiary alicyclic amines) is 1. The molecule has 3 amide bonds. The minimum Gasteiger partial charge on any atom is -0.333 e. The molecule has 26 heavy (non-hydrogen) atoms. The summed E-state index contributed by atoms with van der Waals surface area (Å²) < 4.78 is 1.18. The summed E-state index contributed by atoms with van der Waals surface area (Å²) in [6.07, 6.45) is 3.27. The standard InChI is InChI=1S/C19H26N4O2S/c1-19(2,3)22-18(25)21-16(24)12-23-11-7-6-9-14(23)17-20-13-8-4-5-10-15(13)26-17/h4-5,8,10,14H,6-7,9,11-12H2,1-3H3,(H2,21,22,24,25)/p+1/t14-/m0/s1. The third-order valence-corrected chi connectivity index (χ3v) is 5.62. The molecule has 3 rings (SSSR count). The molecule has 1 unspecified atom stereocenters. The van der Waals surface area contributed by atoms with Crippen molar-refractivity contribution < 1.29 is 14.5 Å². The maximum absolute atomic E-state index is 12.3. The number of imide groups is 1. The van der Waals surface area contributed by atoms with Crippen molar-refractivity contribution in [2.45, 2.75) is 51.6 Å². The zero-order valence-corrected chi connectivity index (χ0v) is 16.4. The average molecular weight is 376 g/mol. The van der Waals surface area contributed by atoms with Crippen molar-refractivity contribution in [1.29, 1.82) is 0 Å². The quantitative estimate of drug-likeness (QED) is 0.768. The number of carbonyl (C=O) groups excluding carboxylic acids is 2. The molecule has 1 aliphatic rings. The Bertz CT molecular complexity index is 763. The first-order valence-corrected chi connectivity index (χ1v) is 9.95. The number of carbonyl (C=O) groups is 2. The van der Waals surface area contributed by atoms with E-state index >= 15 is 0 Å². The molecule has 3 N–H and O–H groups in total. The predicted molar refractivity (Wildman–Crippen MR) is 103 cm³/mol. The summed E-state index contributed by atoms with van der Waals surface area (Å²) in [4.78, 5) is 30.2. The van der Waals surface area contributed by atoms with E-state index in [4.69, 9.17) is 4.98 Å². The van der Waals surface area contributed by atoms with Crippen LogP contribution in [0.4, 0.5) is 4.79 Å². The number of nitrogens with zero attached hydrogens (tertiary/aromatic N) is 1. The van der Waals surface area contributed by atoms with E-state index in [1.807, 2.05) is 39.0 Å². The molecule has 140 valence electrons. The van der Waals surface area contributed by atoms with Gasteiger partial charge in [-0.1, -0.05) is 12.1 Å². The molecular weight excluding hydrogens is 348 g/mol. The molecule has 1 aliphatic heterocycles. The van der Waals surface area contributed by atoms with Crippen LogP contribution in [0.3, 0.4) is 0 Å². The van der Waals surface area contributed by atoms with Crippen LogP contribution in [-0.2, 0) is 4.79 Å². The minimum absolute atomic E-state index is 0.220. The number of hydrogen-bond donors (Lipinski definition) is 3. The molecule has 1 fully saturated rings. The highest BCUT2D eigenvalue weighted by Gasteiger charge is 2.32. The summed E-state index contributed by atoms with van der Waals surface area (Å²) in [6, 6.07) is 7.92. The van der Waals surface area contributed by atoms with E-state index in [9.17, 15) is 9.59 Å². The fourth-order valence-electron chi connectivity index (χ4n) is 3.38. The monoisotopic (exact) mass is 375 g/mol. The molecule has 2 aromatic rings. The van der Waals surface area contributed by atoms with E-state index in [1.54, 1.807) is 11.3 Å². The lowest BCUT2D eigenvalue weighted by atomic mass is 10.0. The second-order valence-electron chi connectivity index (χ2n) is 7.91. The van der Waals surface area contributed by atoms with Gasteiger partial charge in [0, 0.05) is 12.0 Å². The number of aromatic nitrogens is 1. The van der Waals surface area contributed by atoms with E-state index in [1.165, 1.54) is 9.60 Å². The number of rotatable bonds is 3. The maximum Gasteiger partial charge on any atom is 0.322 e. The third-order valence-electron chi connectivity index (χ3n) is 4.47. The lowest BCUT2D eigenvalue weighted by Crippen LogP contribution is -3.14. The zero-order chi connectivity index (χ0) is 18.7. The van der Waals surface area contributed by atoms with Crippen molar-refractivity contribution >= 4 is 33.5 Å². The van der Waals surface area contributed by atoms with Gasteiger partial charge in [-0.25, -0.2) is 9.78 Å². The lowest BCUT2D eigenvalue weighted by molar-refractivity contribution is -0.929. The van der Waals surface area contributed by atoms with Crippen LogP contribution in [0.5, 0.6) is 0 Å². The number of quaternary nitrogens is 1. The smallest absolute Gasteiger partial charge is 0.322 e. The number of fused-ring (bicyclic) bond motifs is 1. The normalized spacial score (nSPS) is 20.7. The van der Waals surface area contributed by atoms with Gasteiger partial charge in [-0.15, -0.1) is 11.3 Å². The summed E-state index contributed by atoms with van der Waals surface area (Å²) in [5, 5.41) is 6.30. The Morgan fingerprint density at radius 2 is 2.04 bits per heavy atom. The summed E-state index contributed by atoms with van der Waals surface area (Å²) in [6.45, 7) is 6.87. The summed E-state index contributed by atoms with van der Waals surface area (Å²) in [5.41, 5.74) is 0.651. The molecular formula is C19H27N4O2S+. The first kappa shape index (κ1) is 18.8. The van der Waals surface area contributed by atoms with Gasteiger partial charge in [0.15, 0.2) is 11.6 Å². The number of para-hydroxylation sites is 1. The molecule has 1 aromatic carbocycles. The Labute approximate surface area is 158 Å². The van der Waals surface area contributed by atoms with Crippen molar-refractivity contribution in [3.8, 4) is 0 Å². The fraction of sp³-hybridized carbons (Fsp3) is 0.526. The first-order chi connectivity index (χ1) is 12.3. The SMILES string of the molecule is CC(C)(C)NC(=O)NC(=O)C[NH+]1CCCC[C@H]1c1nc2ccccc2s1. The van der Waals surface area contributed by atoms with Crippen LogP contribution in [-0.4, -0.2) is 35.6 Å². The number of benzene rings is 1. The Hall–Kier alpha value is -1.99. The molecule has 2 heterocycles. The van der Waals surface area contributed by atoms with Gasteiger partial charge in [0.1, 0.15) is 6.04 Å². The number of thiazole rings is 1. The molecule has 0 saturated carbocycles. The topological polar surface area (TPSA) is 75.5 Å². The van der Waals surface area contributed by atoms with Gasteiger partial charge in [0.25, 0.3) is 5.91 Å². The second-order valence-corrected chi connectivity index (χ2v) is 8.97. The van der Waals surface area contributed by atoms with Crippen LogP contribution in [0.25, 0.3) is 10.2 Å². The van der Waals surface area contributed by atoms with Crippen LogP contribution in [0.2, 0.25) is 0 Å². The molecule has 0 spiro atoms. The van der Waals surface area contributed by atoms with Crippen LogP contribution < -0.4 is 15.5 Å². The highest BCUT2D eigenvalue weighted by Crippen LogP contribution is 2.28. The molecule has 0 bridgehead atoms. The summed E-state index contributed by atoms with van der Waals surface area (Å²) in [7, 11) is 0. The molecule has 2 atom stereocenters. The van der Waals surface area contributed by atoms with Crippen molar-refractivity contribution in [3.63, 3.8) is 0 Å². The van der Waals surface area contributed by atoms with Crippen LogP contribution in [0.15, 0.2) is 24.3 Å². The van der Waals surface area contributed by atoms with E-state index in [0.717, 1.165) is 36.3 Å². The first-order valence-electron chi connectivity index (χ1n) is 9.14. The van der Waals surface area contributed by atoms with Crippen LogP contribution in [0, 0.1) is 0 Å². The molecule has 6 nitrogen and oxygen atoms in total. The Morgan fingerprint density at radius 1 is 1.27 bits per heavy atom. The molecule has 7 heteroatoms. The minimum atomic E-state index is -0.435. The van der Waals surface area contributed by atoms with Crippen molar-refractivity contribution in [3.05, 3.63) is 29.3 Å². The van der Waals surface area contributed by atoms with Crippen molar-refractivity contribution in [1.82, 2.24) is 15.6 Å². The second kappa shape index (κ2) is 7.72. The Balaban J connectivity index is 1.67. The highest BCUT2D eigenvalue weighted by molar-refractivity contribution is 7.18. The number of nitrogens with one attached hydrogen (secondary N) is 3. The Morgan fingerprint density at radius 3 is 2.77 bits per heavy atom. The summed E-state index contributed by atoms with van der Waals surface area (Å²) >= 11 is 1.71. The van der Waals surface area contributed by atoms with E-state index in [-0.39, 0.29) is 24.0 Å².